The van der Waals surface area contributed by atoms with E-state index in [1.807, 2.05) is 32.1 Å². The quantitative estimate of drug-likeness (QED) is 0.347. The molecule has 4 rings (SSSR count). The molecule has 2 atom stereocenters. The fourth-order valence-corrected chi connectivity index (χ4v) is 4.47. The maximum atomic E-state index is 13.5. The number of benzene rings is 2. The van der Waals surface area contributed by atoms with Crippen LogP contribution in [0, 0.1) is 25.7 Å². The molecule has 170 valence electrons. The molecule has 1 aliphatic heterocycles. The number of imide groups is 1. The minimum Gasteiger partial charge on any atom is -0.292 e. The van der Waals surface area contributed by atoms with Crippen molar-refractivity contribution in [2.45, 2.75) is 26.7 Å². The van der Waals surface area contributed by atoms with E-state index in [2.05, 4.69) is 0 Å². The van der Waals surface area contributed by atoms with Crippen LogP contribution in [0.3, 0.4) is 0 Å². The molecule has 0 bridgehead atoms. The first-order valence-corrected chi connectivity index (χ1v) is 11.3. The third-order valence-electron chi connectivity index (χ3n) is 6.25. The lowest BCUT2D eigenvalue weighted by Gasteiger charge is -2.30. The second kappa shape index (κ2) is 9.12. The first kappa shape index (κ1) is 23.2. The minimum atomic E-state index is -0.681. The highest BCUT2D eigenvalue weighted by molar-refractivity contribution is 6.42. The van der Waals surface area contributed by atoms with Crippen LogP contribution < -0.4 is 0 Å². The molecule has 0 N–H and O–H groups in total. The lowest BCUT2D eigenvalue weighted by Crippen LogP contribution is -2.52. The summed E-state index contributed by atoms with van der Waals surface area (Å²) in [4.78, 5) is 53.0. The van der Waals surface area contributed by atoms with Crippen molar-refractivity contribution < 1.29 is 19.2 Å². The van der Waals surface area contributed by atoms with Crippen molar-refractivity contribution in [3.63, 3.8) is 0 Å². The monoisotopic (exact) mass is 484 g/mol. The van der Waals surface area contributed by atoms with Crippen LogP contribution in [0.1, 0.15) is 44.7 Å². The number of hydrazine groups is 1. The topological polar surface area (TPSA) is 74.8 Å². The molecule has 0 saturated carbocycles. The molecule has 1 fully saturated rings. The molecule has 2 aromatic rings. The first-order valence-electron chi connectivity index (χ1n) is 10.6. The van der Waals surface area contributed by atoms with Gasteiger partial charge in [-0.15, -0.1) is 0 Å². The summed E-state index contributed by atoms with van der Waals surface area (Å²) < 4.78 is 0. The molecular formula is C25H22Cl2N2O4. The maximum absolute atomic E-state index is 13.5. The summed E-state index contributed by atoms with van der Waals surface area (Å²) in [5.41, 5.74) is 2.46. The second-order valence-corrected chi connectivity index (χ2v) is 9.17. The molecule has 8 heteroatoms. The molecule has 2 aromatic carbocycles. The van der Waals surface area contributed by atoms with Gasteiger partial charge in [-0.1, -0.05) is 47.5 Å². The number of hydrogen-bond donors (Lipinski definition) is 0. The number of carbonyl (C=O) groups excluding carboxylic acids is 4. The molecule has 1 aliphatic carbocycles. The number of carbonyl (C=O) groups is 4. The smallest absolute Gasteiger partial charge is 0.273 e. The van der Waals surface area contributed by atoms with E-state index in [1.54, 1.807) is 12.1 Å². The van der Waals surface area contributed by atoms with E-state index in [9.17, 15) is 19.2 Å². The van der Waals surface area contributed by atoms with Crippen LogP contribution in [-0.4, -0.2) is 40.1 Å². The number of fused-ring (bicyclic) bond motifs is 1. The molecule has 6 nitrogen and oxygen atoms in total. The number of ketones is 1. The van der Waals surface area contributed by atoms with Crippen molar-refractivity contribution in [1.82, 2.24) is 10.0 Å². The van der Waals surface area contributed by atoms with Gasteiger partial charge >= 0.3 is 0 Å². The van der Waals surface area contributed by atoms with Gasteiger partial charge in [0.05, 0.1) is 21.9 Å². The van der Waals surface area contributed by atoms with Gasteiger partial charge < -0.3 is 0 Å². The Labute approximate surface area is 201 Å². The fourth-order valence-electron chi connectivity index (χ4n) is 4.17. The van der Waals surface area contributed by atoms with Gasteiger partial charge in [0.25, 0.3) is 17.7 Å². The predicted octanol–water partition coefficient (Wildman–Crippen LogP) is 4.80. The van der Waals surface area contributed by atoms with Gasteiger partial charge in [-0.05, 0) is 62.1 Å². The van der Waals surface area contributed by atoms with Gasteiger partial charge in [-0.2, -0.15) is 5.01 Å². The number of nitrogens with zero attached hydrogens (tertiary/aromatic N) is 2. The third-order valence-corrected chi connectivity index (χ3v) is 6.99. The van der Waals surface area contributed by atoms with Crippen LogP contribution in [0.4, 0.5) is 0 Å². The number of halogens is 2. The Balaban J connectivity index is 1.71. The highest BCUT2D eigenvalue weighted by Crippen LogP contribution is 2.36. The molecule has 1 heterocycles. The van der Waals surface area contributed by atoms with Gasteiger partial charge in [-0.3, -0.25) is 19.2 Å². The Hall–Kier alpha value is -2.96. The van der Waals surface area contributed by atoms with Gasteiger partial charge in [0.15, 0.2) is 5.78 Å². The van der Waals surface area contributed by atoms with Crippen LogP contribution in [0.15, 0.2) is 48.6 Å². The van der Waals surface area contributed by atoms with E-state index < -0.39 is 36.1 Å². The number of rotatable bonds is 5. The van der Waals surface area contributed by atoms with Crippen molar-refractivity contribution in [3.05, 3.63) is 80.8 Å². The molecular weight excluding hydrogens is 463 g/mol. The summed E-state index contributed by atoms with van der Waals surface area (Å²) in [6.45, 7) is 3.35. The third kappa shape index (κ3) is 4.33. The molecule has 0 radical (unpaired) electrons. The lowest BCUT2D eigenvalue weighted by molar-refractivity contribution is -0.154. The van der Waals surface area contributed by atoms with Crippen molar-refractivity contribution in [2.75, 3.05) is 6.54 Å². The Bertz CT molecular complexity index is 1180. The number of amides is 3. The van der Waals surface area contributed by atoms with Crippen LogP contribution in [-0.2, 0) is 9.59 Å². The van der Waals surface area contributed by atoms with E-state index in [-0.39, 0.29) is 21.4 Å². The predicted molar refractivity (Wildman–Crippen MR) is 125 cm³/mol. The fraction of sp³-hybridized carbons (Fsp3) is 0.280. The van der Waals surface area contributed by atoms with Crippen molar-refractivity contribution in [1.29, 1.82) is 0 Å². The number of allylic oxidation sites excluding steroid dienone is 2. The van der Waals surface area contributed by atoms with Crippen LogP contribution in [0.5, 0.6) is 0 Å². The highest BCUT2D eigenvalue weighted by Gasteiger charge is 2.51. The summed E-state index contributed by atoms with van der Waals surface area (Å²) in [5, 5.41) is 2.21. The average Bonchev–Trinajstić information content (AvgIpc) is 3.05. The average molecular weight is 485 g/mol. The molecule has 0 spiro atoms. The number of Topliss-reactive ketones (excluding diaryl/α,β-unsaturated/α-hetero) is 1. The summed E-state index contributed by atoms with van der Waals surface area (Å²) in [7, 11) is 0. The molecule has 0 unspecified atom stereocenters. The Morgan fingerprint density at radius 1 is 0.879 bits per heavy atom. The zero-order valence-electron chi connectivity index (χ0n) is 18.2. The van der Waals surface area contributed by atoms with Gasteiger partial charge in [0.2, 0.25) is 0 Å². The zero-order chi connectivity index (χ0) is 23.9. The van der Waals surface area contributed by atoms with Gasteiger partial charge in [0, 0.05) is 11.1 Å². The largest absolute Gasteiger partial charge is 0.292 e. The van der Waals surface area contributed by atoms with Crippen LogP contribution in [0.2, 0.25) is 10.0 Å². The minimum absolute atomic E-state index is 0.117. The second-order valence-electron chi connectivity index (χ2n) is 8.36. The Morgan fingerprint density at radius 2 is 1.48 bits per heavy atom. The molecule has 2 aliphatic rings. The molecule has 33 heavy (non-hydrogen) atoms. The van der Waals surface area contributed by atoms with Crippen molar-refractivity contribution in [3.8, 4) is 0 Å². The SMILES string of the molecule is Cc1ccc(C(=O)CN(C(=O)c2ccc(Cl)c(Cl)c2)N2C(=O)[C@H]3CC=CC[C@@H]3C2=O)cc1C. The summed E-state index contributed by atoms with van der Waals surface area (Å²) >= 11 is 12.1. The Kier molecular flexibility index (Phi) is 6.41. The molecule has 0 aromatic heterocycles. The van der Waals surface area contributed by atoms with Gasteiger partial charge in [-0.25, -0.2) is 5.01 Å². The summed E-state index contributed by atoms with van der Waals surface area (Å²) in [6.07, 6.45) is 4.57. The Morgan fingerprint density at radius 3 is 2.06 bits per heavy atom. The first-order chi connectivity index (χ1) is 15.7. The summed E-state index contributed by atoms with van der Waals surface area (Å²) in [5.74, 6) is -3.10. The van der Waals surface area contributed by atoms with E-state index in [0.29, 0.717) is 18.4 Å². The van der Waals surface area contributed by atoms with Crippen LogP contribution in [0.25, 0.3) is 0 Å². The molecule has 1 saturated heterocycles. The number of aryl methyl sites for hydroxylation is 2. The zero-order valence-corrected chi connectivity index (χ0v) is 19.7. The van der Waals surface area contributed by atoms with E-state index in [1.165, 1.54) is 18.2 Å². The lowest BCUT2D eigenvalue weighted by atomic mass is 9.85. The van der Waals surface area contributed by atoms with Gasteiger partial charge in [0.1, 0.15) is 6.54 Å². The van der Waals surface area contributed by atoms with Crippen molar-refractivity contribution in [2.24, 2.45) is 11.8 Å². The molecule has 3 amide bonds. The van der Waals surface area contributed by atoms with E-state index in [0.717, 1.165) is 21.1 Å². The standard InChI is InChI=1S/C25H22Cl2N2O4/c1-14-7-8-16(11-15(14)2)22(30)13-28(23(31)17-9-10-20(26)21(27)12-17)29-24(32)18-5-3-4-6-19(18)25(29)33/h3-4,7-12,18-19H,5-6,13H2,1-2H3/t18-,19-/m0/s1. The number of hydrogen-bond acceptors (Lipinski definition) is 4. The highest BCUT2D eigenvalue weighted by atomic mass is 35.5. The van der Waals surface area contributed by atoms with Crippen LogP contribution >= 0.6 is 23.2 Å². The van der Waals surface area contributed by atoms with E-state index >= 15 is 0 Å². The normalized spacial score (nSPS) is 19.6. The van der Waals surface area contributed by atoms with E-state index in [4.69, 9.17) is 23.2 Å². The van der Waals surface area contributed by atoms with Crippen molar-refractivity contribution >= 4 is 46.7 Å². The maximum Gasteiger partial charge on any atom is 0.273 e. The summed E-state index contributed by atoms with van der Waals surface area (Å²) in [6, 6.07) is 9.49.